The van der Waals surface area contributed by atoms with Crippen LogP contribution in [0.25, 0.3) is 0 Å². The van der Waals surface area contributed by atoms with Gasteiger partial charge in [0.05, 0.1) is 5.92 Å². The minimum Gasteiger partial charge on any atom is -0.481 e. The van der Waals surface area contributed by atoms with E-state index in [0.717, 1.165) is 21.3 Å². The Bertz CT molecular complexity index is 527. The maximum atomic E-state index is 11.9. The molecule has 1 aromatic rings. The lowest BCUT2D eigenvalue weighted by molar-refractivity contribution is -0.141. The van der Waals surface area contributed by atoms with Crippen LogP contribution in [0.3, 0.4) is 0 Å². The fourth-order valence-corrected chi connectivity index (χ4v) is 2.60. The summed E-state index contributed by atoms with van der Waals surface area (Å²) >= 11 is 3.44. The van der Waals surface area contributed by atoms with Gasteiger partial charge in [0, 0.05) is 23.1 Å². The molecule has 1 aliphatic rings. The Balaban J connectivity index is 2.36. The molecule has 1 aromatic carbocycles. The van der Waals surface area contributed by atoms with Crippen molar-refractivity contribution in [3.05, 3.63) is 27.7 Å². The van der Waals surface area contributed by atoms with Gasteiger partial charge in [-0.05, 0) is 37.1 Å². The molecule has 2 rings (SSSR count). The second-order valence-corrected chi connectivity index (χ2v) is 5.41. The SMILES string of the molecule is Cc1c(Br)ccc(N2CC(C(=O)O)CC2=O)c1C. The second kappa shape index (κ2) is 4.72. The van der Waals surface area contributed by atoms with E-state index in [1.807, 2.05) is 26.0 Å². The molecule has 5 heteroatoms. The molecular formula is C13H14BrNO3. The Kier molecular flexibility index (Phi) is 3.43. The van der Waals surface area contributed by atoms with Gasteiger partial charge >= 0.3 is 5.97 Å². The summed E-state index contributed by atoms with van der Waals surface area (Å²) in [6.45, 7) is 4.17. The van der Waals surface area contributed by atoms with Crippen molar-refractivity contribution in [3.8, 4) is 0 Å². The van der Waals surface area contributed by atoms with E-state index in [1.165, 1.54) is 0 Å². The molecule has 1 heterocycles. The van der Waals surface area contributed by atoms with Gasteiger partial charge in [0.15, 0.2) is 0 Å². The van der Waals surface area contributed by atoms with Gasteiger partial charge in [-0.15, -0.1) is 0 Å². The number of carbonyl (C=O) groups excluding carboxylic acids is 1. The number of nitrogens with zero attached hydrogens (tertiary/aromatic N) is 1. The molecule has 4 nitrogen and oxygen atoms in total. The average Bonchev–Trinajstić information content (AvgIpc) is 2.69. The molecule has 1 atom stereocenters. The number of carboxylic acids is 1. The van der Waals surface area contributed by atoms with Crippen molar-refractivity contribution in [2.45, 2.75) is 20.3 Å². The van der Waals surface area contributed by atoms with E-state index in [-0.39, 0.29) is 18.9 Å². The molecule has 1 unspecified atom stereocenters. The first-order chi connectivity index (χ1) is 8.41. The Labute approximate surface area is 114 Å². The van der Waals surface area contributed by atoms with Crippen molar-refractivity contribution in [2.75, 3.05) is 11.4 Å². The predicted octanol–water partition coefficient (Wildman–Crippen LogP) is 2.50. The highest BCUT2D eigenvalue weighted by atomic mass is 79.9. The van der Waals surface area contributed by atoms with Gasteiger partial charge in [0.2, 0.25) is 5.91 Å². The van der Waals surface area contributed by atoms with E-state index in [4.69, 9.17) is 5.11 Å². The zero-order valence-corrected chi connectivity index (χ0v) is 11.8. The fourth-order valence-electron chi connectivity index (χ4n) is 2.17. The molecule has 0 saturated carbocycles. The summed E-state index contributed by atoms with van der Waals surface area (Å²) in [6.07, 6.45) is 0.0872. The molecule has 0 aromatic heterocycles. The van der Waals surface area contributed by atoms with Gasteiger partial charge in [-0.3, -0.25) is 9.59 Å². The third kappa shape index (κ3) is 2.14. The van der Waals surface area contributed by atoms with Gasteiger partial charge < -0.3 is 10.0 Å². The highest BCUT2D eigenvalue weighted by Crippen LogP contribution is 2.32. The average molecular weight is 312 g/mol. The van der Waals surface area contributed by atoms with Crippen LogP contribution in [-0.4, -0.2) is 23.5 Å². The molecule has 1 fully saturated rings. The summed E-state index contributed by atoms with van der Waals surface area (Å²) in [4.78, 5) is 24.4. The zero-order valence-electron chi connectivity index (χ0n) is 10.2. The second-order valence-electron chi connectivity index (χ2n) is 4.56. The van der Waals surface area contributed by atoms with Crippen molar-refractivity contribution < 1.29 is 14.7 Å². The molecule has 0 bridgehead atoms. The lowest BCUT2D eigenvalue weighted by Gasteiger charge is -2.20. The van der Waals surface area contributed by atoms with Crippen LogP contribution in [0, 0.1) is 19.8 Å². The molecule has 18 heavy (non-hydrogen) atoms. The molecule has 1 amide bonds. The zero-order chi connectivity index (χ0) is 13.4. The lowest BCUT2D eigenvalue weighted by atomic mass is 10.1. The summed E-state index contributed by atoms with van der Waals surface area (Å²) in [5, 5.41) is 8.98. The van der Waals surface area contributed by atoms with Gasteiger partial charge in [0.25, 0.3) is 0 Å². The summed E-state index contributed by atoms with van der Waals surface area (Å²) in [6, 6.07) is 3.74. The fraction of sp³-hybridized carbons (Fsp3) is 0.385. The smallest absolute Gasteiger partial charge is 0.308 e. The van der Waals surface area contributed by atoms with E-state index in [2.05, 4.69) is 15.9 Å². The van der Waals surface area contributed by atoms with Gasteiger partial charge in [0.1, 0.15) is 0 Å². The van der Waals surface area contributed by atoms with Crippen molar-refractivity contribution >= 4 is 33.5 Å². The Hall–Kier alpha value is -1.36. The maximum absolute atomic E-state index is 11.9. The molecule has 0 radical (unpaired) electrons. The number of carbonyl (C=O) groups is 2. The van der Waals surface area contributed by atoms with Gasteiger partial charge in [-0.2, -0.15) is 0 Å². The maximum Gasteiger partial charge on any atom is 0.308 e. The first-order valence-corrected chi connectivity index (χ1v) is 6.50. The number of hydrogen-bond acceptors (Lipinski definition) is 2. The summed E-state index contributed by atoms with van der Waals surface area (Å²) in [5.41, 5.74) is 2.88. The summed E-state index contributed by atoms with van der Waals surface area (Å²) < 4.78 is 0.991. The number of aliphatic carboxylic acids is 1. The standard InChI is InChI=1S/C13H14BrNO3/c1-7-8(2)11(4-3-10(7)14)15-6-9(13(17)18)5-12(15)16/h3-4,9H,5-6H2,1-2H3,(H,17,18). The van der Waals surface area contributed by atoms with Crippen LogP contribution in [0.1, 0.15) is 17.5 Å². The van der Waals surface area contributed by atoms with Gasteiger partial charge in [-0.25, -0.2) is 0 Å². The first-order valence-electron chi connectivity index (χ1n) is 5.70. The van der Waals surface area contributed by atoms with Crippen LogP contribution in [-0.2, 0) is 9.59 Å². The Morgan fingerprint density at radius 1 is 1.39 bits per heavy atom. The molecule has 1 saturated heterocycles. The van der Waals surface area contributed by atoms with Gasteiger partial charge in [-0.1, -0.05) is 15.9 Å². The largest absolute Gasteiger partial charge is 0.481 e. The molecule has 96 valence electrons. The first kappa shape index (κ1) is 13.1. The highest BCUT2D eigenvalue weighted by molar-refractivity contribution is 9.10. The number of anilines is 1. The lowest BCUT2D eigenvalue weighted by Crippen LogP contribution is -2.26. The normalized spacial score (nSPS) is 19.4. The number of halogens is 1. The van der Waals surface area contributed by atoms with Crippen LogP contribution < -0.4 is 4.90 Å². The number of rotatable bonds is 2. The number of carboxylic acid groups (broad SMARTS) is 1. The van der Waals surface area contributed by atoms with E-state index in [0.29, 0.717) is 0 Å². The van der Waals surface area contributed by atoms with Crippen LogP contribution in [0.2, 0.25) is 0 Å². The number of amides is 1. The highest BCUT2D eigenvalue weighted by Gasteiger charge is 2.35. The van der Waals surface area contributed by atoms with Crippen molar-refractivity contribution in [1.82, 2.24) is 0 Å². The summed E-state index contributed by atoms with van der Waals surface area (Å²) in [5.74, 6) is -1.62. The third-order valence-corrected chi connectivity index (χ3v) is 4.32. The van der Waals surface area contributed by atoms with Crippen molar-refractivity contribution in [1.29, 1.82) is 0 Å². The van der Waals surface area contributed by atoms with E-state index in [9.17, 15) is 9.59 Å². The topological polar surface area (TPSA) is 57.6 Å². The van der Waals surface area contributed by atoms with E-state index < -0.39 is 11.9 Å². The van der Waals surface area contributed by atoms with Crippen molar-refractivity contribution in [3.63, 3.8) is 0 Å². The molecule has 0 spiro atoms. The predicted molar refractivity (Wildman–Crippen MR) is 71.7 cm³/mol. The van der Waals surface area contributed by atoms with E-state index >= 15 is 0 Å². The minimum atomic E-state index is -0.905. The quantitative estimate of drug-likeness (QED) is 0.913. The Morgan fingerprint density at radius 3 is 2.61 bits per heavy atom. The minimum absolute atomic E-state index is 0.0872. The van der Waals surface area contributed by atoms with Crippen molar-refractivity contribution in [2.24, 2.45) is 5.92 Å². The van der Waals surface area contributed by atoms with Crippen LogP contribution in [0.4, 0.5) is 5.69 Å². The molecular weight excluding hydrogens is 298 g/mol. The Morgan fingerprint density at radius 2 is 2.06 bits per heavy atom. The monoisotopic (exact) mass is 311 g/mol. The van der Waals surface area contributed by atoms with Crippen LogP contribution >= 0.6 is 15.9 Å². The molecule has 1 N–H and O–H groups in total. The number of hydrogen-bond donors (Lipinski definition) is 1. The summed E-state index contributed by atoms with van der Waals surface area (Å²) in [7, 11) is 0. The van der Waals surface area contributed by atoms with Crippen LogP contribution in [0.5, 0.6) is 0 Å². The molecule has 0 aliphatic carbocycles. The number of benzene rings is 1. The molecule has 1 aliphatic heterocycles. The van der Waals surface area contributed by atoms with Crippen LogP contribution in [0.15, 0.2) is 16.6 Å². The van der Waals surface area contributed by atoms with E-state index in [1.54, 1.807) is 4.90 Å². The third-order valence-electron chi connectivity index (χ3n) is 3.46.